The Bertz CT molecular complexity index is 953. The van der Waals surface area contributed by atoms with Crippen LogP contribution >= 0.6 is 0 Å². The minimum Gasteiger partial charge on any atom is -0.451 e. The summed E-state index contributed by atoms with van der Waals surface area (Å²) in [6.07, 6.45) is -22.7. The predicted molar refractivity (Wildman–Crippen MR) is 88.3 cm³/mol. The number of rotatable bonds is 12. The molecule has 0 amide bonds. The van der Waals surface area contributed by atoms with Crippen LogP contribution in [-0.2, 0) is 33.9 Å². The minimum atomic E-state index is -6.68. The van der Waals surface area contributed by atoms with Gasteiger partial charge in [0.05, 0.1) is 6.61 Å². The smallest absolute Gasteiger partial charge is 0.451 e. The Morgan fingerprint density at radius 1 is 0.838 bits per heavy atom. The summed E-state index contributed by atoms with van der Waals surface area (Å²) in [4.78, 5) is 23.2. The van der Waals surface area contributed by atoms with Crippen LogP contribution in [0.4, 0.5) is 57.1 Å². The molecule has 0 heterocycles. The molecule has 0 bridgehead atoms. The van der Waals surface area contributed by atoms with Crippen molar-refractivity contribution in [3.8, 4) is 0 Å². The van der Waals surface area contributed by atoms with Crippen molar-refractivity contribution in [2.75, 3.05) is 13.2 Å². The predicted octanol–water partition coefficient (Wildman–Crippen LogP) is 4.32. The zero-order chi connectivity index (χ0) is 29.9. The van der Waals surface area contributed by atoms with E-state index in [0.29, 0.717) is 0 Å². The molecule has 1 N–H and O–H groups in total. The Hall–Kier alpha value is -2.36. The average Bonchev–Trinajstić information content (AvgIpc) is 2.66. The number of unbranched alkanes of at least 4 members (excludes halogenated alkanes) is 1. The summed E-state index contributed by atoms with van der Waals surface area (Å²) < 4.78 is 207. The fourth-order valence-corrected chi connectivity index (χ4v) is 2.41. The summed E-state index contributed by atoms with van der Waals surface area (Å²) in [6.45, 7) is -2.57. The topological polar surface area (TPSA) is 116 Å². The molecule has 0 fully saturated rings. The first-order chi connectivity index (χ1) is 16.1. The van der Waals surface area contributed by atoms with Gasteiger partial charge in [-0.05, 0) is 12.8 Å². The van der Waals surface area contributed by atoms with Crippen molar-refractivity contribution >= 4 is 22.1 Å². The van der Waals surface area contributed by atoms with E-state index in [-0.39, 0.29) is 0 Å². The summed E-state index contributed by atoms with van der Waals surface area (Å²) in [6, 6.07) is 0. The molecule has 0 aliphatic heterocycles. The number of ether oxygens (including phenoxy) is 3. The second-order valence-electron chi connectivity index (χ2n) is 6.67. The first kappa shape index (κ1) is 34.6. The molecule has 1 unspecified atom stereocenters. The van der Waals surface area contributed by atoms with Gasteiger partial charge in [0.15, 0.2) is 6.61 Å². The zero-order valence-corrected chi connectivity index (χ0v) is 18.2. The monoisotopic (exact) mass is 600 g/mol. The molecule has 1 atom stereocenters. The Morgan fingerprint density at radius 2 is 1.32 bits per heavy atom. The van der Waals surface area contributed by atoms with Crippen molar-refractivity contribution in [1.82, 2.24) is 0 Å². The van der Waals surface area contributed by atoms with Gasteiger partial charge in [-0.25, -0.2) is 9.59 Å². The van der Waals surface area contributed by atoms with Gasteiger partial charge in [-0.15, -0.1) is 0 Å². The number of carbonyl (C=O) groups excluding carboxylic acids is 2. The van der Waals surface area contributed by atoms with Gasteiger partial charge in [0.1, 0.15) is 5.57 Å². The Kier molecular flexibility index (Phi) is 10.5. The number of carbonyl (C=O) groups is 2. The molecule has 0 saturated carbocycles. The lowest BCUT2D eigenvalue weighted by molar-refractivity contribution is -0.357. The Labute approximate surface area is 197 Å². The fraction of sp³-hybridized carbons (Fsp3) is 0.733. The second-order valence-corrected chi connectivity index (χ2v) is 8.14. The lowest BCUT2D eigenvalue weighted by Gasteiger charge is -2.32. The third kappa shape index (κ3) is 8.86. The molecule has 0 aromatic carbocycles. The third-order valence-corrected chi connectivity index (χ3v) is 4.72. The SMILES string of the molecule is C=C(C(=O)OC(OCCCCC(F)(F)C(F)(F)S(=O)(=O)O)(C(=O)OCC(F)(F)F)C(F)(F)F)C(F)(F)F. The Morgan fingerprint density at radius 3 is 1.70 bits per heavy atom. The molecular formula is C15H13F13O8S. The van der Waals surface area contributed by atoms with Crippen molar-refractivity contribution < 1.29 is 93.8 Å². The van der Waals surface area contributed by atoms with Gasteiger partial charge in [0.2, 0.25) is 0 Å². The third-order valence-electron chi connectivity index (χ3n) is 3.77. The van der Waals surface area contributed by atoms with E-state index in [4.69, 9.17) is 4.55 Å². The minimum absolute atomic E-state index is 1.31. The van der Waals surface area contributed by atoms with Gasteiger partial charge in [-0.2, -0.15) is 65.5 Å². The van der Waals surface area contributed by atoms with Gasteiger partial charge in [-0.1, -0.05) is 6.58 Å². The van der Waals surface area contributed by atoms with Crippen LogP contribution in [0.15, 0.2) is 12.2 Å². The number of hydrogen-bond acceptors (Lipinski definition) is 7. The summed E-state index contributed by atoms with van der Waals surface area (Å²) in [5.41, 5.74) is -2.71. The van der Waals surface area contributed by atoms with Crippen LogP contribution in [0.2, 0.25) is 0 Å². The van der Waals surface area contributed by atoms with Crippen LogP contribution in [0.1, 0.15) is 19.3 Å². The van der Waals surface area contributed by atoms with Crippen LogP contribution in [0.5, 0.6) is 0 Å². The van der Waals surface area contributed by atoms with Crippen molar-refractivity contribution in [3.63, 3.8) is 0 Å². The first-order valence-corrected chi connectivity index (χ1v) is 10.2. The number of hydrogen-bond donors (Lipinski definition) is 1. The van der Waals surface area contributed by atoms with E-state index in [1.165, 1.54) is 0 Å². The molecule has 22 heteroatoms. The van der Waals surface area contributed by atoms with Gasteiger partial charge in [-0.3, -0.25) is 4.55 Å². The molecule has 37 heavy (non-hydrogen) atoms. The molecule has 0 aromatic heterocycles. The molecular weight excluding hydrogens is 587 g/mol. The fourth-order valence-electron chi connectivity index (χ4n) is 1.93. The van der Waals surface area contributed by atoms with Crippen molar-refractivity contribution in [2.24, 2.45) is 0 Å². The van der Waals surface area contributed by atoms with Crippen LogP contribution < -0.4 is 0 Å². The highest BCUT2D eigenvalue weighted by Crippen LogP contribution is 2.42. The summed E-state index contributed by atoms with van der Waals surface area (Å²) >= 11 is 0. The molecule has 0 aliphatic rings. The first-order valence-electron chi connectivity index (χ1n) is 8.79. The van der Waals surface area contributed by atoms with Gasteiger partial charge in [0, 0.05) is 6.42 Å². The maximum atomic E-state index is 13.5. The van der Waals surface area contributed by atoms with Crippen molar-refractivity contribution in [2.45, 2.75) is 54.8 Å². The highest BCUT2D eigenvalue weighted by molar-refractivity contribution is 7.87. The molecule has 0 spiro atoms. The largest absolute Gasteiger partial charge is 0.468 e. The van der Waals surface area contributed by atoms with Crippen LogP contribution in [0.25, 0.3) is 0 Å². The van der Waals surface area contributed by atoms with Crippen LogP contribution in [0, 0.1) is 0 Å². The molecule has 0 aromatic rings. The van der Waals surface area contributed by atoms with E-state index in [2.05, 4.69) is 14.2 Å². The normalized spacial score (nSPS) is 15.6. The van der Waals surface area contributed by atoms with E-state index in [1.54, 1.807) is 0 Å². The van der Waals surface area contributed by atoms with Crippen molar-refractivity contribution in [1.29, 1.82) is 0 Å². The standard InChI is InChI=1S/C15H13F13O8S/c1-7(13(21,22)23)8(29)36-12(14(24,25)26,9(30)34-6-11(18,19)20)35-5-3-2-4-10(16,17)15(27,28)37(31,32)33/h1-6H2,(H,31,32,33). The average molecular weight is 600 g/mol. The molecule has 218 valence electrons. The van der Waals surface area contributed by atoms with E-state index < -0.39 is 95.6 Å². The van der Waals surface area contributed by atoms with Crippen LogP contribution in [0.3, 0.4) is 0 Å². The maximum absolute atomic E-state index is 13.5. The number of alkyl halides is 13. The van der Waals surface area contributed by atoms with Crippen LogP contribution in [-0.4, -0.2) is 73.6 Å². The molecule has 0 rings (SSSR count). The number of halogens is 13. The summed E-state index contributed by atoms with van der Waals surface area (Å²) in [5.74, 6) is -17.3. The quantitative estimate of drug-likeness (QED) is 0.0880. The van der Waals surface area contributed by atoms with Crippen molar-refractivity contribution in [3.05, 3.63) is 12.2 Å². The molecule has 0 radical (unpaired) electrons. The number of esters is 2. The molecule has 8 nitrogen and oxygen atoms in total. The van der Waals surface area contributed by atoms with E-state index in [0.717, 1.165) is 0 Å². The second kappa shape index (κ2) is 11.2. The highest BCUT2D eigenvalue weighted by atomic mass is 32.2. The van der Waals surface area contributed by atoms with E-state index in [1.807, 2.05) is 6.58 Å². The van der Waals surface area contributed by atoms with Gasteiger partial charge >= 0.3 is 57.5 Å². The lowest BCUT2D eigenvalue weighted by Crippen LogP contribution is -2.59. The Balaban J connectivity index is 5.91. The summed E-state index contributed by atoms with van der Waals surface area (Å²) in [7, 11) is -6.68. The maximum Gasteiger partial charge on any atom is 0.468 e. The van der Waals surface area contributed by atoms with E-state index in [9.17, 15) is 75.1 Å². The molecule has 0 aliphatic carbocycles. The summed E-state index contributed by atoms with van der Waals surface area (Å²) in [5, 5.41) is -6.08. The van der Waals surface area contributed by atoms with E-state index >= 15 is 0 Å². The zero-order valence-electron chi connectivity index (χ0n) is 17.4. The highest BCUT2D eigenvalue weighted by Gasteiger charge is 2.69. The van der Waals surface area contributed by atoms with Gasteiger partial charge in [0.25, 0.3) is 0 Å². The lowest BCUT2D eigenvalue weighted by atomic mass is 10.1. The van der Waals surface area contributed by atoms with Gasteiger partial charge < -0.3 is 14.2 Å². The molecule has 0 saturated heterocycles.